The van der Waals surface area contributed by atoms with E-state index >= 15 is 0 Å². The van der Waals surface area contributed by atoms with Crippen molar-refractivity contribution in [3.63, 3.8) is 0 Å². The maximum absolute atomic E-state index is 13.1. The van der Waals surface area contributed by atoms with Crippen molar-refractivity contribution in [3.8, 4) is 5.75 Å². The van der Waals surface area contributed by atoms with Crippen LogP contribution >= 0.6 is 23.6 Å². The van der Waals surface area contributed by atoms with Crippen LogP contribution in [0.4, 0.5) is 0 Å². The molecule has 1 atom stereocenters. The van der Waals surface area contributed by atoms with E-state index in [1.54, 1.807) is 23.3 Å². The number of benzene rings is 1. The zero-order chi connectivity index (χ0) is 20.8. The lowest BCUT2D eigenvalue weighted by atomic mass is 10.1. The SMILES string of the molecule is CCNC(=O)C[C@H]1C(=O)N(Cc2cccs2)C(=S)N1CCc1ccc(OC)cc1. The summed E-state index contributed by atoms with van der Waals surface area (Å²) < 4.78 is 5.20. The maximum Gasteiger partial charge on any atom is 0.252 e. The first-order valence-corrected chi connectivity index (χ1v) is 10.9. The predicted molar refractivity (Wildman–Crippen MR) is 118 cm³/mol. The number of thiophene rings is 1. The average molecular weight is 432 g/mol. The van der Waals surface area contributed by atoms with Crippen LogP contribution in [0.2, 0.25) is 0 Å². The van der Waals surface area contributed by atoms with Gasteiger partial charge in [0.15, 0.2) is 5.11 Å². The quantitative estimate of drug-likeness (QED) is 0.619. The minimum Gasteiger partial charge on any atom is -0.497 e. The molecule has 6 nitrogen and oxygen atoms in total. The molecule has 2 aromatic rings. The molecule has 8 heteroatoms. The van der Waals surface area contributed by atoms with E-state index in [0.29, 0.717) is 24.7 Å². The number of hydrogen-bond acceptors (Lipinski definition) is 5. The number of rotatable bonds is 9. The van der Waals surface area contributed by atoms with E-state index < -0.39 is 6.04 Å². The van der Waals surface area contributed by atoms with Crippen molar-refractivity contribution in [2.75, 3.05) is 20.2 Å². The summed E-state index contributed by atoms with van der Waals surface area (Å²) in [6.45, 7) is 3.42. The summed E-state index contributed by atoms with van der Waals surface area (Å²) in [6.07, 6.45) is 0.826. The highest BCUT2D eigenvalue weighted by Crippen LogP contribution is 2.25. The van der Waals surface area contributed by atoms with Gasteiger partial charge in [0, 0.05) is 18.0 Å². The Morgan fingerprint density at radius 1 is 1.28 bits per heavy atom. The Labute approximate surface area is 180 Å². The lowest BCUT2D eigenvalue weighted by Crippen LogP contribution is -2.40. The second kappa shape index (κ2) is 9.84. The van der Waals surface area contributed by atoms with Gasteiger partial charge < -0.3 is 15.0 Å². The monoisotopic (exact) mass is 431 g/mol. The summed E-state index contributed by atoms with van der Waals surface area (Å²) in [5.74, 6) is 0.558. The highest BCUT2D eigenvalue weighted by Gasteiger charge is 2.43. The van der Waals surface area contributed by atoms with E-state index in [-0.39, 0.29) is 18.2 Å². The molecule has 1 aliphatic rings. The molecule has 1 aromatic carbocycles. The number of nitrogens with zero attached hydrogens (tertiary/aromatic N) is 2. The molecule has 2 heterocycles. The third-order valence-electron chi connectivity index (χ3n) is 4.85. The number of carbonyl (C=O) groups is 2. The van der Waals surface area contributed by atoms with Crippen LogP contribution in [-0.2, 0) is 22.6 Å². The van der Waals surface area contributed by atoms with Gasteiger partial charge in [-0.1, -0.05) is 18.2 Å². The first-order valence-electron chi connectivity index (χ1n) is 9.57. The number of amides is 2. The molecule has 0 bridgehead atoms. The van der Waals surface area contributed by atoms with Gasteiger partial charge >= 0.3 is 0 Å². The van der Waals surface area contributed by atoms with Crippen LogP contribution in [0.15, 0.2) is 41.8 Å². The van der Waals surface area contributed by atoms with Gasteiger partial charge in [0.05, 0.1) is 20.1 Å². The Kier molecular flexibility index (Phi) is 7.22. The third kappa shape index (κ3) is 5.13. The van der Waals surface area contributed by atoms with Crippen molar-refractivity contribution in [2.45, 2.75) is 32.4 Å². The van der Waals surface area contributed by atoms with Crippen molar-refractivity contribution >= 4 is 40.5 Å². The molecule has 2 amide bonds. The molecule has 0 unspecified atom stereocenters. The molecule has 0 radical (unpaired) electrons. The normalized spacial score (nSPS) is 16.4. The summed E-state index contributed by atoms with van der Waals surface area (Å²) in [5, 5.41) is 5.25. The van der Waals surface area contributed by atoms with Crippen molar-refractivity contribution in [1.29, 1.82) is 0 Å². The molecule has 1 N–H and O–H groups in total. The Bertz CT molecular complexity index is 853. The van der Waals surface area contributed by atoms with Crippen LogP contribution in [0.1, 0.15) is 23.8 Å². The first kappa shape index (κ1) is 21.3. The van der Waals surface area contributed by atoms with Crippen LogP contribution in [-0.4, -0.2) is 53.0 Å². The van der Waals surface area contributed by atoms with Crippen LogP contribution in [0.5, 0.6) is 5.75 Å². The van der Waals surface area contributed by atoms with Gasteiger partial charge in [-0.15, -0.1) is 11.3 Å². The number of hydrogen-bond donors (Lipinski definition) is 1. The van der Waals surface area contributed by atoms with E-state index in [9.17, 15) is 9.59 Å². The van der Waals surface area contributed by atoms with Gasteiger partial charge in [-0.2, -0.15) is 0 Å². The molecule has 0 saturated carbocycles. The van der Waals surface area contributed by atoms with Gasteiger partial charge in [0.2, 0.25) is 5.91 Å². The Morgan fingerprint density at radius 2 is 2.03 bits per heavy atom. The van der Waals surface area contributed by atoms with E-state index in [1.807, 2.05) is 53.6 Å². The molecular formula is C21H25N3O3S2. The predicted octanol–water partition coefficient (Wildman–Crippen LogP) is 2.82. The summed E-state index contributed by atoms with van der Waals surface area (Å²) in [4.78, 5) is 29.9. The maximum atomic E-state index is 13.1. The van der Waals surface area contributed by atoms with E-state index in [0.717, 1.165) is 22.6 Å². The minimum absolute atomic E-state index is 0.107. The van der Waals surface area contributed by atoms with Crippen LogP contribution < -0.4 is 10.1 Å². The number of ether oxygens (including phenoxy) is 1. The summed E-state index contributed by atoms with van der Waals surface area (Å²) in [7, 11) is 1.64. The number of carbonyl (C=O) groups excluding carboxylic acids is 2. The molecule has 1 fully saturated rings. The fourth-order valence-corrected chi connectivity index (χ4v) is 4.40. The topological polar surface area (TPSA) is 61.9 Å². The summed E-state index contributed by atoms with van der Waals surface area (Å²) >= 11 is 7.23. The Morgan fingerprint density at radius 3 is 2.66 bits per heavy atom. The highest BCUT2D eigenvalue weighted by atomic mass is 32.1. The van der Waals surface area contributed by atoms with Crippen molar-refractivity contribution in [3.05, 3.63) is 52.2 Å². The van der Waals surface area contributed by atoms with Gasteiger partial charge in [-0.05, 0) is 54.7 Å². The Balaban J connectivity index is 1.74. The summed E-state index contributed by atoms with van der Waals surface area (Å²) in [6, 6.07) is 11.2. The Hall–Kier alpha value is -2.45. The third-order valence-corrected chi connectivity index (χ3v) is 6.17. The first-order chi connectivity index (χ1) is 14.0. The second-order valence-electron chi connectivity index (χ2n) is 6.75. The molecule has 3 rings (SSSR count). The lowest BCUT2D eigenvalue weighted by molar-refractivity contribution is -0.132. The van der Waals surface area contributed by atoms with Crippen LogP contribution in [0, 0.1) is 0 Å². The standard InChI is InChI=1S/C21H25N3O3S2/c1-3-22-19(25)13-18-20(26)24(14-17-5-4-12-29-17)21(28)23(18)11-10-15-6-8-16(27-2)9-7-15/h4-9,12,18H,3,10-11,13-14H2,1-2H3,(H,22,25)/t18-/m0/s1. The van der Waals surface area contributed by atoms with E-state index in [2.05, 4.69) is 5.32 Å². The second-order valence-corrected chi connectivity index (χ2v) is 8.15. The minimum atomic E-state index is -0.563. The van der Waals surface area contributed by atoms with Crippen molar-refractivity contribution in [1.82, 2.24) is 15.1 Å². The number of methoxy groups -OCH3 is 1. The van der Waals surface area contributed by atoms with Gasteiger partial charge in [0.1, 0.15) is 11.8 Å². The molecule has 154 valence electrons. The average Bonchev–Trinajstić information content (AvgIpc) is 3.31. The van der Waals surface area contributed by atoms with Crippen molar-refractivity contribution < 1.29 is 14.3 Å². The zero-order valence-corrected chi connectivity index (χ0v) is 18.2. The highest BCUT2D eigenvalue weighted by molar-refractivity contribution is 7.80. The molecule has 29 heavy (non-hydrogen) atoms. The fraction of sp³-hybridized carbons (Fsp3) is 0.381. The number of nitrogens with one attached hydrogen (secondary N) is 1. The van der Waals surface area contributed by atoms with Gasteiger partial charge in [-0.3, -0.25) is 14.5 Å². The molecule has 1 aromatic heterocycles. The van der Waals surface area contributed by atoms with Crippen LogP contribution in [0.25, 0.3) is 0 Å². The van der Waals surface area contributed by atoms with E-state index in [4.69, 9.17) is 17.0 Å². The molecular weight excluding hydrogens is 406 g/mol. The molecule has 1 aliphatic heterocycles. The molecule has 1 saturated heterocycles. The summed E-state index contributed by atoms with van der Waals surface area (Å²) in [5.41, 5.74) is 1.12. The van der Waals surface area contributed by atoms with E-state index in [1.165, 1.54) is 0 Å². The van der Waals surface area contributed by atoms with Gasteiger partial charge in [-0.25, -0.2) is 0 Å². The van der Waals surface area contributed by atoms with Crippen molar-refractivity contribution in [2.24, 2.45) is 0 Å². The molecule has 0 spiro atoms. The number of thiocarbonyl (C=S) groups is 1. The largest absolute Gasteiger partial charge is 0.497 e. The fourth-order valence-electron chi connectivity index (χ4n) is 3.34. The van der Waals surface area contributed by atoms with Gasteiger partial charge in [0.25, 0.3) is 5.91 Å². The smallest absolute Gasteiger partial charge is 0.252 e. The molecule has 0 aliphatic carbocycles. The van der Waals surface area contributed by atoms with Crippen LogP contribution in [0.3, 0.4) is 0 Å². The lowest BCUT2D eigenvalue weighted by Gasteiger charge is -2.24. The zero-order valence-electron chi connectivity index (χ0n) is 16.6.